The summed E-state index contributed by atoms with van der Waals surface area (Å²) in [5.41, 5.74) is 5.61. The molecule has 0 atom stereocenters. The van der Waals surface area contributed by atoms with Gasteiger partial charge in [0.05, 0.1) is 5.58 Å². The molecule has 6 heteroatoms. The third-order valence-electron chi connectivity index (χ3n) is 6.60. The van der Waals surface area contributed by atoms with Crippen LogP contribution in [0.4, 0.5) is 4.39 Å². The summed E-state index contributed by atoms with van der Waals surface area (Å²) in [5, 5.41) is 1.56. The number of hydrogen-bond donors (Lipinski definition) is 0. The molecule has 6 rings (SSSR count). The van der Waals surface area contributed by atoms with Crippen LogP contribution in [0.15, 0.2) is 95.7 Å². The quantitative estimate of drug-likeness (QED) is 0.133. The summed E-state index contributed by atoms with van der Waals surface area (Å²) in [6.45, 7) is 3.67. The van der Waals surface area contributed by atoms with E-state index in [2.05, 4.69) is 51.5 Å². The van der Waals surface area contributed by atoms with Gasteiger partial charge >= 0.3 is 99.8 Å². The largest absolute Gasteiger partial charge is 0 e. The summed E-state index contributed by atoms with van der Waals surface area (Å²) in [4.78, 5) is 8.94. The minimum atomic E-state index is -1.72. The predicted octanol–water partition coefficient (Wildman–Crippen LogP) is 8.80. The number of aromatic nitrogens is 2. The maximum Gasteiger partial charge on any atom is 0 e. The molecule has 0 bridgehead atoms. The van der Waals surface area contributed by atoms with Crippen LogP contribution in [-0.4, -0.2) is 23.2 Å². The van der Waals surface area contributed by atoms with Crippen molar-refractivity contribution in [2.45, 2.75) is 37.0 Å². The molecule has 205 valence electrons. The molecule has 1 radical (unpaired) electrons. The Kier molecular flexibility index (Phi) is 8.94. The summed E-state index contributed by atoms with van der Waals surface area (Å²) in [5.74, 6) is 6.13. The molecular weight excluding hydrogens is 736 g/mol. The second-order valence-corrected chi connectivity index (χ2v) is 21.4. The molecule has 0 aliphatic heterocycles. The first-order valence-corrected chi connectivity index (χ1v) is 20.3. The first-order valence-electron chi connectivity index (χ1n) is 13.4. The standard InChI is InChI=1S/C20H15FNO.C14H16GeN.Ir/c1-12(2)13-8-9-22-18(10-13)16-5-3-4-15-17-11-14(21)6-7-19(17)23-20(15)16;1-15(2,3)13-9-10-14(16-11-13)12-7-5-4-6-8-12;/h3-4,6-12H,1-2H3;4-7,9-11H,1-3H3;/q2*-1;/i12D;;. The van der Waals surface area contributed by atoms with Crippen LogP contribution in [0.3, 0.4) is 0 Å². The molecule has 3 heterocycles. The average Bonchev–Trinajstić information content (AvgIpc) is 3.31. The van der Waals surface area contributed by atoms with Crippen LogP contribution in [0, 0.1) is 17.9 Å². The van der Waals surface area contributed by atoms with Crippen LogP contribution in [0.25, 0.3) is 44.5 Å². The Bertz CT molecular complexity index is 1780. The van der Waals surface area contributed by atoms with Crippen molar-refractivity contribution in [2.24, 2.45) is 0 Å². The Labute approximate surface area is 253 Å². The van der Waals surface area contributed by atoms with Gasteiger partial charge in [-0.05, 0) is 35.9 Å². The van der Waals surface area contributed by atoms with Gasteiger partial charge in [-0.15, -0.1) is 18.2 Å². The van der Waals surface area contributed by atoms with Crippen molar-refractivity contribution in [1.29, 1.82) is 0 Å². The van der Waals surface area contributed by atoms with Crippen molar-refractivity contribution < 1.29 is 30.3 Å². The summed E-state index contributed by atoms with van der Waals surface area (Å²) < 4.78 is 29.1. The third-order valence-corrected chi connectivity index (χ3v) is 10.9. The molecule has 3 nitrogen and oxygen atoms in total. The van der Waals surface area contributed by atoms with Crippen molar-refractivity contribution in [1.82, 2.24) is 9.97 Å². The minimum Gasteiger partial charge on any atom is 0 e. The number of nitrogens with zero attached hydrogens (tertiary/aromatic N) is 2. The fraction of sp³-hybridized carbons (Fsp3) is 0.176. The van der Waals surface area contributed by atoms with Gasteiger partial charge in [-0.2, -0.15) is 0 Å². The number of rotatable bonds is 4. The van der Waals surface area contributed by atoms with E-state index in [4.69, 9.17) is 5.79 Å². The molecule has 0 fully saturated rings. The maximum atomic E-state index is 13.6. The molecule has 0 aliphatic rings. The minimum absolute atomic E-state index is 0. The van der Waals surface area contributed by atoms with Gasteiger partial charge < -0.3 is 9.40 Å². The van der Waals surface area contributed by atoms with Gasteiger partial charge in [-0.3, -0.25) is 0 Å². The zero-order chi connectivity index (χ0) is 28.5. The van der Waals surface area contributed by atoms with Gasteiger partial charge in [0.1, 0.15) is 11.4 Å². The van der Waals surface area contributed by atoms with E-state index in [1.807, 2.05) is 62.5 Å². The molecule has 0 aliphatic carbocycles. The van der Waals surface area contributed by atoms with Gasteiger partial charge in [0.2, 0.25) is 0 Å². The summed E-state index contributed by atoms with van der Waals surface area (Å²) >= 11 is -1.72. The molecule has 0 spiro atoms. The van der Waals surface area contributed by atoms with Crippen LogP contribution in [-0.2, 0) is 20.1 Å². The van der Waals surface area contributed by atoms with Gasteiger partial charge in [0.15, 0.2) is 0 Å². The van der Waals surface area contributed by atoms with E-state index in [1.54, 1.807) is 18.3 Å². The summed E-state index contributed by atoms with van der Waals surface area (Å²) in [6.07, 6.45) is 3.73. The fourth-order valence-corrected chi connectivity index (χ4v) is 6.50. The van der Waals surface area contributed by atoms with E-state index in [0.29, 0.717) is 16.9 Å². The summed E-state index contributed by atoms with van der Waals surface area (Å²) in [6, 6.07) is 30.5. The van der Waals surface area contributed by atoms with Crippen LogP contribution >= 0.6 is 0 Å². The average molecular weight is 768 g/mol. The molecule has 0 saturated heterocycles. The van der Waals surface area contributed by atoms with Crippen LogP contribution in [0.5, 0.6) is 0 Å². The number of furan rings is 1. The molecule has 3 aromatic carbocycles. The van der Waals surface area contributed by atoms with Gasteiger partial charge in [-0.25, -0.2) is 4.39 Å². The van der Waals surface area contributed by atoms with E-state index in [9.17, 15) is 4.39 Å². The van der Waals surface area contributed by atoms with E-state index >= 15 is 0 Å². The van der Waals surface area contributed by atoms with E-state index in [1.165, 1.54) is 16.5 Å². The zero-order valence-corrected chi connectivity index (χ0v) is 27.7. The second-order valence-electron chi connectivity index (χ2n) is 10.7. The SMILES string of the molecule is [2H]C(C)(C)c1ccnc(-c2[c-]ccc3c2oc2ccc(F)cc23)c1.[CH3][Ge]([CH3])([CH3])[c]1ccc(-c2[c-]cccc2)nc1.[Ir]. The monoisotopic (exact) mass is 770 g/mol. The number of pyridine rings is 2. The molecule has 0 amide bonds. The van der Waals surface area contributed by atoms with Gasteiger partial charge in [0, 0.05) is 33.1 Å². The molecule has 6 aromatic rings. The third kappa shape index (κ3) is 6.60. The Morgan fingerprint density at radius 3 is 2.38 bits per heavy atom. The number of halogens is 1. The van der Waals surface area contributed by atoms with Crippen molar-refractivity contribution in [3.8, 4) is 22.5 Å². The van der Waals surface area contributed by atoms with Crippen LogP contribution in [0.2, 0.25) is 17.3 Å². The molecule has 40 heavy (non-hydrogen) atoms. The Morgan fingerprint density at radius 2 is 1.70 bits per heavy atom. The molecule has 0 unspecified atom stereocenters. The summed E-state index contributed by atoms with van der Waals surface area (Å²) in [7, 11) is 0. The number of benzene rings is 3. The maximum absolute atomic E-state index is 13.6. The number of fused-ring (bicyclic) bond motifs is 3. The van der Waals surface area contributed by atoms with Gasteiger partial charge in [0.25, 0.3) is 0 Å². The predicted molar refractivity (Wildman–Crippen MR) is 161 cm³/mol. The first kappa shape index (κ1) is 28.4. The fourth-order valence-electron chi connectivity index (χ4n) is 4.33. The van der Waals surface area contributed by atoms with E-state index in [0.717, 1.165) is 33.2 Å². The van der Waals surface area contributed by atoms with Crippen molar-refractivity contribution in [2.75, 3.05) is 0 Å². The Balaban J connectivity index is 0.000000200. The second kappa shape index (κ2) is 12.6. The van der Waals surface area contributed by atoms with Crippen molar-refractivity contribution in [3.63, 3.8) is 0 Å². The van der Waals surface area contributed by atoms with Crippen LogP contribution in [0.1, 0.15) is 26.7 Å². The molecule has 0 saturated carbocycles. The number of hydrogen-bond acceptors (Lipinski definition) is 3. The van der Waals surface area contributed by atoms with Crippen LogP contribution < -0.4 is 4.40 Å². The van der Waals surface area contributed by atoms with Gasteiger partial charge in [-0.1, -0.05) is 36.4 Å². The Hall–Kier alpha value is -3.12. The van der Waals surface area contributed by atoms with E-state index in [-0.39, 0.29) is 25.9 Å². The molecular formula is C34H31FGeIrN2O-2. The normalized spacial score (nSPS) is 11.9. The molecule has 3 aromatic heterocycles. The van der Waals surface area contributed by atoms with E-state index < -0.39 is 19.2 Å². The topological polar surface area (TPSA) is 38.9 Å². The first-order chi connectivity index (χ1) is 19.0. The zero-order valence-electron chi connectivity index (χ0n) is 24.2. The smallest absolute Gasteiger partial charge is 0 e. The Morgan fingerprint density at radius 1 is 0.875 bits per heavy atom. The van der Waals surface area contributed by atoms with Crippen molar-refractivity contribution >= 4 is 39.6 Å². The van der Waals surface area contributed by atoms with Crippen molar-refractivity contribution in [3.05, 3.63) is 115 Å². The molecule has 0 N–H and O–H groups in total.